The van der Waals surface area contributed by atoms with Crippen molar-refractivity contribution < 1.29 is 22.4 Å². The second-order valence-corrected chi connectivity index (χ2v) is 8.64. The normalized spacial score (nSPS) is 16.5. The fourth-order valence-corrected chi connectivity index (χ4v) is 4.62. The lowest BCUT2D eigenvalue weighted by Gasteiger charge is -2.22. The maximum Gasteiger partial charge on any atom is 0.412 e. The van der Waals surface area contributed by atoms with Crippen molar-refractivity contribution >= 4 is 21.8 Å². The topological polar surface area (TPSA) is 97.6 Å². The minimum atomic E-state index is -3.56. The van der Waals surface area contributed by atoms with Gasteiger partial charge in [-0.15, -0.1) is 0 Å². The lowest BCUT2D eigenvalue weighted by Crippen LogP contribution is -2.36. The molecule has 1 aliphatic carbocycles. The van der Waals surface area contributed by atoms with E-state index in [2.05, 4.69) is 10.0 Å². The zero-order chi connectivity index (χ0) is 20.0. The number of sulfonamides is 1. The van der Waals surface area contributed by atoms with E-state index in [0.717, 1.165) is 32.1 Å². The van der Waals surface area contributed by atoms with Crippen LogP contribution in [-0.2, 0) is 14.8 Å². The van der Waals surface area contributed by atoms with Crippen LogP contribution < -0.4 is 10.0 Å². The summed E-state index contributed by atoms with van der Waals surface area (Å²) in [7, 11) is -3.56. The Morgan fingerprint density at radius 1 is 1.18 bits per heavy atom. The third kappa shape index (κ3) is 5.36. The molecule has 28 heavy (non-hydrogen) atoms. The number of furan rings is 1. The van der Waals surface area contributed by atoms with Gasteiger partial charge in [-0.1, -0.05) is 26.2 Å². The Labute approximate surface area is 165 Å². The predicted molar refractivity (Wildman–Crippen MR) is 105 cm³/mol. The molecule has 2 N–H and O–H groups in total. The van der Waals surface area contributed by atoms with Crippen molar-refractivity contribution in [1.29, 1.82) is 0 Å². The van der Waals surface area contributed by atoms with Crippen LogP contribution in [0, 0.1) is 0 Å². The number of ether oxygens (including phenoxy) is 1. The molecule has 1 amide bonds. The third-order valence-electron chi connectivity index (χ3n) is 4.82. The van der Waals surface area contributed by atoms with Crippen molar-refractivity contribution in [2.24, 2.45) is 0 Å². The molecule has 7 nitrogen and oxygen atoms in total. The van der Waals surface area contributed by atoms with Gasteiger partial charge in [0, 0.05) is 11.7 Å². The van der Waals surface area contributed by atoms with E-state index < -0.39 is 22.2 Å². The van der Waals surface area contributed by atoms with Crippen molar-refractivity contribution in [3.63, 3.8) is 0 Å². The molecule has 1 heterocycles. The monoisotopic (exact) mass is 406 g/mol. The molecule has 8 heteroatoms. The van der Waals surface area contributed by atoms with Crippen LogP contribution >= 0.6 is 0 Å². The highest BCUT2D eigenvalue weighted by atomic mass is 32.2. The molecule has 0 saturated heterocycles. The first kappa shape index (κ1) is 20.4. The first-order valence-electron chi connectivity index (χ1n) is 9.61. The molecular weight excluding hydrogens is 380 g/mol. The van der Waals surface area contributed by atoms with Gasteiger partial charge in [0.1, 0.15) is 5.76 Å². The minimum absolute atomic E-state index is 0.000827. The number of benzene rings is 1. The van der Waals surface area contributed by atoms with Gasteiger partial charge in [0.25, 0.3) is 0 Å². The van der Waals surface area contributed by atoms with Crippen molar-refractivity contribution in [3.05, 3.63) is 48.4 Å². The maximum absolute atomic E-state index is 12.5. The second-order valence-electron chi connectivity index (χ2n) is 6.92. The number of carbonyl (C=O) groups is 1. The van der Waals surface area contributed by atoms with Gasteiger partial charge in [-0.3, -0.25) is 5.32 Å². The van der Waals surface area contributed by atoms with Gasteiger partial charge in [-0.05, 0) is 55.7 Å². The van der Waals surface area contributed by atoms with E-state index in [1.54, 1.807) is 24.3 Å². The SMILES string of the molecule is CC[C@@H](OC(=O)Nc1ccc(S(=O)(=O)NC2CCCCC2)cc1)c1ccco1. The largest absolute Gasteiger partial charge is 0.465 e. The fourth-order valence-electron chi connectivity index (χ4n) is 3.32. The van der Waals surface area contributed by atoms with Gasteiger partial charge >= 0.3 is 6.09 Å². The second kappa shape index (κ2) is 9.25. The molecule has 0 radical (unpaired) electrons. The first-order chi connectivity index (χ1) is 13.5. The lowest BCUT2D eigenvalue weighted by molar-refractivity contribution is 0.0943. The zero-order valence-corrected chi connectivity index (χ0v) is 16.7. The highest BCUT2D eigenvalue weighted by molar-refractivity contribution is 7.89. The van der Waals surface area contributed by atoms with Crippen LogP contribution in [0.5, 0.6) is 0 Å². The van der Waals surface area contributed by atoms with Crippen LogP contribution in [0.15, 0.2) is 52.0 Å². The minimum Gasteiger partial charge on any atom is -0.465 e. The Balaban J connectivity index is 1.58. The van der Waals surface area contributed by atoms with Gasteiger partial charge in [0.05, 0.1) is 11.2 Å². The molecule has 0 spiro atoms. The Morgan fingerprint density at radius 2 is 1.89 bits per heavy atom. The highest BCUT2D eigenvalue weighted by Gasteiger charge is 2.22. The molecule has 1 aromatic heterocycles. The van der Waals surface area contributed by atoms with Crippen LogP contribution in [-0.4, -0.2) is 20.6 Å². The lowest BCUT2D eigenvalue weighted by atomic mass is 9.96. The number of hydrogen-bond donors (Lipinski definition) is 2. The van der Waals surface area contributed by atoms with Gasteiger partial charge in [0.15, 0.2) is 6.10 Å². The van der Waals surface area contributed by atoms with Crippen LogP contribution in [0.3, 0.4) is 0 Å². The summed E-state index contributed by atoms with van der Waals surface area (Å²) in [5.74, 6) is 0.577. The number of carbonyl (C=O) groups excluding carboxylic acids is 1. The Morgan fingerprint density at radius 3 is 2.50 bits per heavy atom. The van der Waals surface area contributed by atoms with Gasteiger partial charge < -0.3 is 9.15 Å². The highest BCUT2D eigenvalue weighted by Crippen LogP contribution is 2.23. The average molecular weight is 407 g/mol. The molecule has 152 valence electrons. The smallest absolute Gasteiger partial charge is 0.412 e. The van der Waals surface area contributed by atoms with Gasteiger partial charge in [-0.25, -0.2) is 17.9 Å². The van der Waals surface area contributed by atoms with Crippen molar-refractivity contribution in [2.45, 2.75) is 62.5 Å². The number of amides is 1. The molecular formula is C20H26N2O5S. The Bertz CT molecular complexity index is 857. The number of anilines is 1. The molecule has 2 aromatic rings. The van der Waals surface area contributed by atoms with E-state index in [9.17, 15) is 13.2 Å². The van der Waals surface area contributed by atoms with E-state index in [1.807, 2.05) is 6.92 Å². The zero-order valence-electron chi connectivity index (χ0n) is 15.9. The summed E-state index contributed by atoms with van der Waals surface area (Å²) in [5.41, 5.74) is 0.455. The summed E-state index contributed by atoms with van der Waals surface area (Å²) in [4.78, 5) is 12.3. The molecule has 1 saturated carbocycles. The van der Waals surface area contributed by atoms with Gasteiger partial charge in [-0.2, -0.15) is 0 Å². The van der Waals surface area contributed by atoms with Gasteiger partial charge in [0.2, 0.25) is 10.0 Å². The van der Waals surface area contributed by atoms with E-state index >= 15 is 0 Å². The van der Waals surface area contributed by atoms with Crippen molar-refractivity contribution in [2.75, 3.05) is 5.32 Å². The molecule has 1 aliphatic rings. The van der Waals surface area contributed by atoms with E-state index in [-0.39, 0.29) is 10.9 Å². The van der Waals surface area contributed by atoms with Crippen LogP contribution in [0.1, 0.15) is 57.3 Å². The van der Waals surface area contributed by atoms with E-state index in [4.69, 9.17) is 9.15 Å². The standard InChI is InChI=1S/C20H26N2O5S/c1-2-18(19-9-6-14-26-19)27-20(23)21-15-10-12-17(13-11-15)28(24,25)22-16-7-4-3-5-8-16/h6,9-14,16,18,22H,2-5,7-8H2,1H3,(H,21,23)/t18-/m1/s1. The fraction of sp³-hybridized carbons (Fsp3) is 0.450. The van der Waals surface area contributed by atoms with E-state index in [0.29, 0.717) is 17.9 Å². The average Bonchev–Trinajstić information content (AvgIpc) is 3.21. The molecule has 1 aromatic carbocycles. The number of nitrogens with one attached hydrogen (secondary N) is 2. The first-order valence-corrected chi connectivity index (χ1v) is 11.1. The quantitative estimate of drug-likeness (QED) is 0.701. The Hall–Kier alpha value is -2.32. The van der Waals surface area contributed by atoms with Crippen molar-refractivity contribution in [3.8, 4) is 0 Å². The Kier molecular flexibility index (Phi) is 6.74. The summed E-state index contributed by atoms with van der Waals surface area (Å²) in [6, 6.07) is 9.53. The summed E-state index contributed by atoms with van der Waals surface area (Å²) >= 11 is 0. The molecule has 3 rings (SSSR count). The van der Waals surface area contributed by atoms with E-state index in [1.165, 1.54) is 18.4 Å². The van der Waals surface area contributed by atoms with Crippen LogP contribution in [0.25, 0.3) is 0 Å². The number of rotatable bonds is 7. The van der Waals surface area contributed by atoms with Crippen molar-refractivity contribution in [1.82, 2.24) is 4.72 Å². The number of hydrogen-bond acceptors (Lipinski definition) is 5. The van der Waals surface area contributed by atoms with Crippen LogP contribution in [0.2, 0.25) is 0 Å². The predicted octanol–water partition coefficient (Wildman–Crippen LogP) is 4.59. The molecule has 1 atom stereocenters. The summed E-state index contributed by atoms with van der Waals surface area (Å²) in [5, 5.41) is 2.61. The molecule has 0 aliphatic heterocycles. The molecule has 0 bridgehead atoms. The third-order valence-corrected chi connectivity index (χ3v) is 6.36. The van der Waals surface area contributed by atoms with Crippen LogP contribution in [0.4, 0.5) is 10.5 Å². The molecule has 1 fully saturated rings. The maximum atomic E-state index is 12.5. The molecule has 0 unspecified atom stereocenters. The summed E-state index contributed by atoms with van der Waals surface area (Å²) in [6.07, 6.45) is 6.01. The summed E-state index contributed by atoms with van der Waals surface area (Å²) in [6.45, 7) is 1.89. The summed E-state index contributed by atoms with van der Waals surface area (Å²) < 4.78 is 38.4.